The van der Waals surface area contributed by atoms with E-state index in [-0.39, 0.29) is 83.2 Å². The van der Waals surface area contributed by atoms with Gasteiger partial charge in [-0.2, -0.15) is 0 Å². The molecule has 14 aromatic rings. The molecule has 14 heterocycles. The summed E-state index contributed by atoms with van der Waals surface area (Å²) in [4.78, 5) is 122. The minimum atomic E-state index is -0.278. The predicted octanol–water partition coefficient (Wildman–Crippen LogP) is 13.0. The molecule has 21 rings (SSSR count). The molecule has 772 valence electrons. The van der Waals surface area contributed by atoms with Crippen LogP contribution in [0.25, 0.3) is 75.4 Å². The Morgan fingerprint density at radius 2 is 0.628 bits per heavy atom. The van der Waals surface area contributed by atoms with Gasteiger partial charge in [-0.3, -0.25) is 38.5 Å². The van der Waals surface area contributed by atoms with E-state index in [0.29, 0.717) is 42.8 Å². The fourth-order valence-electron chi connectivity index (χ4n) is 22.2. The molecule has 14 N–H and O–H groups in total. The first kappa shape index (κ1) is 108. The molecule has 7 aromatic heterocycles. The van der Waals surface area contributed by atoms with Crippen molar-refractivity contribution in [3.8, 4) is 0 Å². The number of aliphatic hydroxyl groups excluding tert-OH is 7. The molecule has 7 aliphatic heterocycles. The van der Waals surface area contributed by atoms with E-state index in [1.54, 1.807) is 0 Å². The number of nitrogens with zero attached hydrogens (tertiary/aromatic N) is 7. The molecule has 28 nitrogen and oxygen atoms in total. The number of rotatable bonds is 23. The van der Waals surface area contributed by atoms with Crippen molar-refractivity contribution in [3.63, 3.8) is 0 Å². The van der Waals surface area contributed by atoms with E-state index in [2.05, 4.69) is 125 Å². The summed E-state index contributed by atoms with van der Waals surface area (Å²) in [5, 5.41) is 78.0. The summed E-state index contributed by atoms with van der Waals surface area (Å²) in [7, 11) is 0. The van der Waals surface area contributed by atoms with Crippen LogP contribution in [-0.2, 0) is 19.3 Å². The molecule has 0 aliphatic carbocycles. The maximum atomic E-state index is 12.3. The normalized spacial score (nSPS) is 19.2. The summed E-state index contributed by atoms with van der Waals surface area (Å²) in [6.45, 7) is 30.6. The van der Waals surface area contributed by atoms with Gasteiger partial charge in [0.2, 0.25) is 0 Å². The molecular weight excluding hydrogens is 1830 g/mol. The number of nitrogens with one attached hydrogen (secondary N) is 7. The maximum absolute atomic E-state index is 12.3. The Bertz CT molecular complexity index is 7090. The van der Waals surface area contributed by atoms with Crippen molar-refractivity contribution in [2.24, 2.45) is 0 Å². The lowest BCUT2D eigenvalue weighted by Gasteiger charge is -2.32. The molecule has 0 radical (unpaired) electrons. The molecule has 145 heavy (non-hydrogen) atoms. The van der Waals surface area contributed by atoms with E-state index in [1.165, 1.54) is 6.42 Å². The van der Waals surface area contributed by atoms with Crippen molar-refractivity contribution in [2.75, 3.05) is 151 Å². The monoisotopic (exact) mass is 1980 g/mol. The fourth-order valence-corrected chi connectivity index (χ4v) is 22.2. The molecular formula is C117H150N14O14. The quantitative estimate of drug-likeness (QED) is 0.0283. The van der Waals surface area contributed by atoms with Crippen molar-refractivity contribution in [3.05, 3.63) is 323 Å². The van der Waals surface area contributed by atoms with Gasteiger partial charge in [-0.1, -0.05) is 103 Å². The largest absolute Gasteiger partial charge is 0.395 e. The highest BCUT2D eigenvalue weighted by molar-refractivity contribution is 5.89. The minimum Gasteiger partial charge on any atom is -0.395 e. The summed E-state index contributed by atoms with van der Waals surface area (Å²) in [6.07, 6.45) is 14.8. The Labute approximate surface area is 847 Å². The van der Waals surface area contributed by atoms with Crippen LogP contribution < -0.4 is 38.9 Å². The van der Waals surface area contributed by atoms with E-state index < -0.39 is 0 Å². The standard InChI is InChI=1S/2C18H24N2O2.2C17H22N2O2.2C16H20N2O2.C15H18N2O2/c1-13-5-2-8-16-17(13)11-14(19-18(16)22)6-3-9-20-10-4-7-15(20)12-21;1-12-4-3-5-15-16(12)10-17(19-18(15)22)14-6-8-20(9-7-14)11-13(2)21;1-12-3-2-4-15-16(12)11-13(18-17(15)21)5-8-19-9-6-14(20)7-10-19;1-12(20)11-19-8-6-13(7-9-19)16-10-14-4-2-3-5-15(14)17(21)18-16;1-11-3-2-4-13-14(11)9-15(17-16(13)20)12-5-6-18(10-12)7-8-19;19-14-5-3-8-18(11-14)9-7-13-10-12-4-1-2-6-15(12)16(20)17-13;18-8-7-17-6-5-12(10-17)14-9-11-3-1-2-4-13(11)15(19)16-14/h2,5,8,11,15,21H,3-4,6-7,9-10,12H2,1H3,(H,19,22);3-5,10,13-14,21H,6-9,11H2,1-2H3,(H,19,22);2-4,11,14,20H,5-10H2,1H3,(H,18,21);2-5,10,12-13,20H,6-9,11H2,1H3,(H,18,21);2-4,9,12,19H,5-8,10H2,1H3,(H,17,20);1-2,4,6,10,14,19H,3,5,7-9,11H2,(H,17,20);1-4,9,12,18H,5-8,10H2,(H,16,19)/t15-;;;;;;/m1....../s1. The number of hydrogen-bond donors (Lipinski definition) is 14. The third-order valence-corrected chi connectivity index (χ3v) is 30.3. The van der Waals surface area contributed by atoms with E-state index in [9.17, 15) is 59.1 Å². The summed E-state index contributed by atoms with van der Waals surface area (Å²) < 4.78 is 0. The Hall–Kier alpha value is -11.6. The first-order valence-electron chi connectivity index (χ1n) is 52.6. The van der Waals surface area contributed by atoms with Gasteiger partial charge in [0.05, 0.1) is 44.2 Å². The highest BCUT2D eigenvalue weighted by Gasteiger charge is 2.30. The van der Waals surface area contributed by atoms with Gasteiger partial charge in [0.25, 0.3) is 38.9 Å². The van der Waals surface area contributed by atoms with Crippen molar-refractivity contribution >= 4 is 75.4 Å². The fraction of sp³-hybridized carbons (Fsp3) is 0.462. The van der Waals surface area contributed by atoms with Crippen molar-refractivity contribution < 1.29 is 35.7 Å². The molecule has 0 saturated carbocycles. The number of aromatic nitrogens is 7. The third kappa shape index (κ3) is 29.3. The van der Waals surface area contributed by atoms with Crippen molar-refractivity contribution in [1.82, 2.24) is 69.2 Å². The second-order valence-electron chi connectivity index (χ2n) is 41.1. The number of pyridine rings is 7. The highest BCUT2D eigenvalue weighted by Crippen LogP contribution is 2.34. The van der Waals surface area contributed by atoms with Gasteiger partial charge in [0.15, 0.2) is 0 Å². The average molecular weight is 1980 g/mol. The SMILES string of the molecule is CC(O)CN1CCC(c2cc3ccccc3c(=O)[nH]2)CC1.Cc1cccc2c(=O)[nH]c(C3CCN(CC(C)O)CC3)cc12.Cc1cccc2c(=O)[nH]c(C3CCN(CCO)C3)cc12.Cc1cccc2c(=O)[nH]c(CCCN3CCC[C@@H]3CO)cc12.Cc1cccc2c(=O)[nH]c(CCN3CCC(O)CC3)cc12.O=c1[nH]c(C2CCN(CCO)C2)cc2ccccc12.O=c1[nH]c(CCN2CCCC(O)C2)cc2ccccc12. The van der Waals surface area contributed by atoms with Crippen LogP contribution in [0.5, 0.6) is 0 Å². The third-order valence-electron chi connectivity index (χ3n) is 30.3. The smallest absolute Gasteiger partial charge is 0.256 e. The summed E-state index contributed by atoms with van der Waals surface area (Å²) in [5.74, 6) is 1.54. The van der Waals surface area contributed by atoms with Crippen molar-refractivity contribution in [2.45, 2.75) is 198 Å². The molecule has 0 bridgehead atoms. The Morgan fingerprint density at radius 1 is 0.297 bits per heavy atom. The lowest BCUT2D eigenvalue weighted by atomic mass is 9.91. The first-order chi connectivity index (χ1) is 70.2. The predicted molar refractivity (Wildman–Crippen MR) is 584 cm³/mol. The number of aromatic amines is 7. The van der Waals surface area contributed by atoms with E-state index >= 15 is 0 Å². The lowest BCUT2D eigenvalue weighted by molar-refractivity contribution is 0.0712. The molecule has 0 amide bonds. The first-order valence-corrected chi connectivity index (χ1v) is 52.6. The van der Waals surface area contributed by atoms with Gasteiger partial charge in [-0.15, -0.1) is 0 Å². The number of aliphatic hydroxyl groups is 7. The number of hydrogen-bond acceptors (Lipinski definition) is 21. The molecule has 7 aliphatic rings. The van der Waals surface area contributed by atoms with Crippen LogP contribution in [0, 0.1) is 27.7 Å². The van der Waals surface area contributed by atoms with Crippen LogP contribution in [-0.4, -0.2) is 286 Å². The van der Waals surface area contributed by atoms with Crippen LogP contribution in [0.3, 0.4) is 0 Å². The van der Waals surface area contributed by atoms with Crippen LogP contribution in [0.1, 0.15) is 183 Å². The van der Waals surface area contributed by atoms with Gasteiger partial charge in [0.1, 0.15) is 0 Å². The van der Waals surface area contributed by atoms with Gasteiger partial charge in [0, 0.05) is 192 Å². The molecule has 28 heteroatoms. The second-order valence-corrected chi connectivity index (χ2v) is 41.1. The second kappa shape index (κ2) is 52.2. The molecule has 7 aromatic carbocycles. The summed E-state index contributed by atoms with van der Waals surface area (Å²) in [5.41, 5.74) is 11.7. The van der Waals surface area contributed by atoms with Gasteiger partial charge in [-0.25, -0.2) is 0 Å². The number of benzene rings is 7. The topological polar surface area (TPSA) is 394 Å². The number of likely N-dealkylation sites (tertiary alicyclic amines) is 7. The van der Waals surface area contributed by atoms with Crippen LogP contribution in [0.15, 0.2) is 222 Å². The average Bonchev–Trinajstić information content (AvgIpc) is 1.77. The number of aryl methyl sites for hydroxylation is 5. The summed E-state index contributed by atoms with van der Waals surface area (Å²) >= 11 is 0. The van der Waals surface area contributed by atoms with E-state index in [4.69, 9.17) is 10.2 Å². The number of H-pyrrole nitrogens is 7. The Kier molecular flexibility index (Phi) is 38.7. The number of β-amino-alcohol motifs (C(OH)–C–C–N with tert-alkyl or cyclic N) is 5. The lowest BCUT2D eigenvalue weighted by Crippen LogP contribution is -2.39. The Balaban J connectivity index is 0.000000127. The molecule has 5 unspecified atom stereocenters. The number of piperidine rings is 4. The van der Waals surface area contributed by atoms with Crippen LogP contribution in [0.2, 0.25) is 0 Å². The van der Waals surface area contributed by atoms with Gasteiger partial charge in [-0.05, 0) is 335 Å². The van der Waals surface area contributed by atoms with Crippen LogP contribution >= 0.6 is 0 Å². The van der Waals surface area contributed by atoms with E-state index in [0.717, 1.165) is 352 Å². The summed E-state index contributed by atoms with van der Waals surface area (Å²) in [6, 6.07) is 61.5. The molecule has 6 atom stereocenters. The Morgan fingerprint density at radius 3 is 1.06 bits per heavy atom. The molecule has 0 spiro atoms. The zero-order valence-corrected chi connectivity index (χ0v) is 85.3. The molecule has 7 fully saturated rings. The van der Waals surface area contributed by atoms with E-state index in [1.807, 2.05) is 174 Å². The van der Waals surface area contributed by atoms with Crippen molar-refractivity contribution in [1.29, 1.82) is 0 Å². The van der Waals surface area contributed by atoms with Gasteiger partial charge >= 0.3 is 0 Å². The molecule has 7 saturated heterocycles. The van der Waals surface area contributed by atoms with Gasteiger partial charge < -0.3 is 100 Å². The highest BCUT2D eigenvalue weighted by atomic mass is 16.3. The zero-order valence-electron chi connectivity index (χ0n) is 85.3. The minimum absolute atomic E-state index is 0.000247. The van der Waals surface area contributed by atoms with Crippen LogP contribution in [0.4, 0.5) is 0 Å². The maximum Gasteiger partial charge on any atom is 0.256 e. The zero-order chi connectivity index (χ0) is 102. The number of fused-ring (bicyclic) bond motifs is 7.